The number of rotatable bonds is 2. The molecule has 0 radical (unpaired) electrons. The standard InChI is InChI=1S/C9H6FN3O2.Na.H/c10-6-1-3-7(4-2-6)13-5-8(9(14)15)11-12-13;;/h1-5H,(H,14,15);;/q;+1;-1. The predicted molar refractivity (Wildman–Crippen MR) is 49.4 cm³/mol. The Balaban J connectivity index is 0.00000128. The molecule has 5 nitrogen and oxygen atoms in total. The predicted octanol–water partition coefficient (Wildman–Crippen LogP) is -1.78. The maximum absolute atomic E-state index is 12.6. The average molecular weight is 231 g/mol. The molecule has 0 aliphatic heterocycles. The van der Waals surface area contributed by atoms with Crippen molar-refractivity contribution in [1.29, 1.82) is 0 Å². The first-order valence-electron chi connectivity index (χ1n) is 4.08. The molecule has 0 spiro atoms. The summed E-state index contributed by atoms with van der Waals surface area (Å²) in [5.74, 6) is -1.51. The number of benzene rings is 1. The number of aromatic nitrogens is 3. The largest absolute Gasteiger partial charge is 1.00 e. The smallest absolute Gasteiger partial charge is 1.00 e. The summed E-state index contributed by atoms with van der Waals surface area (Å²) in [6, 6.07) is 5.49. The summed E-state index contributed by atoms with van der Waals surface area (Å²) in [6.07, 6.45) is 1.26. The van der Waals surface area contributed by atoms with E-state index in [0.29, 0.717) is 5.69 Å². The van der Waals surface area contributed by atoms with Crippen molar-refractivity contribution in [2.24, 2.45) is 0 Å². The summed E-state index contributed by atoms with van der Waals surface area (Å²) < 4.78 is 13.9. The second-order valence-electron chi connectivity index (χ2n) is 2.83. The molecule has 0 fully saturated rings. The molecule has 0 atom stereocenters. The minimum atomic E-state index is -1.15. The molecule has 78 valence electrons. The van der Waals surface area contributed by atoms with Crippen molar-refractivity contribution >= 4 is 5.97 Å². The molecule has 0 aliphatic rings. The summed E-state index contributed by atoms with van der Waals surface area (Å²) >= 11 is 0. The van der Waals surface area contributed by atoms with Gasteiger partial charge in [-0.25, -0.2) is 13.9 Å². The van der Waals surface area contributed by atoms with E-state index in [1.54, 1.807) is 0 Å². The monoisotopic (exact) mass is 231 g/mol. The molecule has 0 saturated carbocycles. The van der Waals surface area contributed by atoms with Gasteiger partial charge in [0.15, 0.2) is 5.69 Å². The van der Waals surface area contributed by atoms with Crippen molar-refractivity contribution in [3.63, 3.8) is 0 Å². The minimum absolute atomic E-state index is 0. The van der Waals surface area contributed by atoms with Crippen LogP contribution in [0.2, 0.25) is 0 Å². The van der Waals surface area contributed by atoms with Gasteiger partial charge in [0.1, 0.15) is 5.82 Å². The number of nitrogens with zero attached hydrogens (tertiary/aromatic N) is 3. The number of hydrogen-bond donors (Lipinski definition) is 1. The third-order valence-electron chi connectivity index (χ3n) is 1.80. The van der Waals surface area contributed by atoms with E-state index in [9.17, 15) is 9.18 Å². The van der Waals surface area contributed by atoms with E-state index in [1.165, 1.54) is 35.1 Å². The number of aromatic carboxylic acids is 1. The molecule has 1 aromatic heterocycles. The fourth-order valence-electron chi connectivity index (χ4n) is 1.08. The van der Waals surface area contributed by atoms with E-state index < -0.39 is 5.97 Å². The summed E-state index contributed by atoms with van der Waals surface area (Å²) in [4.78, 5) is 10.5. The molecular weight excluding hydrogens is 224 g/mol. The van der Waals surface area contributed by atoms with Gasteiger partial charge in [-0.3, -0.25) is 0 Å². The number of halogens is 1. The van der Waals surface area contributed by atoms with Gasteiger partial charge >= 0.3 is 35.5 Å². The Morgan fingerprint density at radius 2 is 2.00 bits per heavy atom. The summed E-state index contributed by atoms with van der Waals surface area (Å²) in [7, 11) is 0. The summed E-state index contributed by atoms with van der Waals surface area (Å²) in [5, 5.41) is 15.6. The molecule has 2 aromatic rings. The Bertz CT molecular complexity index is 503. The minimum Gasteiger partial charge on any atom is -1.00 e. The van der Waals surface area contributed by atoms with Crippen LogP contribution in [0.5, 0.6) is 0 Å². The number of hydrogen-bond acceptors (Lipinski definition) is 3. The summed E-state index contributed by atoms with van der Waals surface area (Å²) in [5.41, 5.74) is 0.399. The Kier molecular flexibility index (Phi) is 4.17. The van der Waals surface area contributed by atoms with Crippen LogP contribution in [0.1, 0.15) is 11.9 Å². The van der Waals surface area contributed by atoms with Gasteiger partial charge in [0.25, 0.3) is 0 Å². The zero-order valence-corrected chi connectivity index (χ0v) is 10.5. The van der Waals surface area contributed by atoms with Crippen LogP contribution in [-0.4, -0.2) is 26.1 Å². The summed E-state index contributed by atoms with van der Waals surface area (Å²) in [6.45, 7) is 0. The molecule has 7 heteroatoms. The van der Waals surface area contributed by atoms with Gasteiger partial charge in [0.2, 0.25) is 0 Å². The molecule has 0 unspecified atom stereocenters. The van der Waals surface area contributed by atoms with Crippen molar-refractivity contribution in [2.45, 2.75) is 0 Å². The molecule has 2 rings (SSSR count). The zero-order valence-electron chi connectivity index (χ0n) is 9.46. The van der Waals surface area contributed by atoms with Crippen LogP contribution in [0.3, 0.4) is 0 Å². The third-order valence-corrected chi connectivity index (χ3v) is 1.80. The molecule has 0 amide bonds. The van der Waals surface area contributed by atoms with E-state index in [-0.39, 0.29) is 42.5 Å². The molecule has 16 heavy (non-hydrogen) atoms. The van der Waals surface area contributed by atoms with Gasteiger partial charge < -0.3 is 6.53 Å². The molecule has 0 bridgehead atoms. The normalized spacial score (nSPS) is 9.56. The van der Waals surface area contributed by atoms with Crippen LogP contribution in [0, 0.1) is 5.82 Å². The first kappa shape index (κ1) is 12.8. The second-order valence-corrected chi connectivity index (χ2v) is 2.83. The maximum Gasteiger partial charge on any atom is 1.00 e. The number of carboxylic acids is 1. The SMILES string of the molecule is O=C(O)c1cn(-c2ccc(F)cc2)nn1.[H-].[Na+]. The van der Waals surface area contributed by atoms with Crippen molar-refractivity contribution in [1.82, 2.24) is 15.0 Å². The molecule has 0 aliphatic carbocycles. The van der Waals surface area contributed by atoms with E-state index >= 15 is 0 Å². The molecule has 0 saturated heterocycles. The van der Waals surface area contributed by atoms with Crippen LogP contribution in [0.15, 0.2) is 30.5 Å². The average Bonchev–Trinajstić information content (AvgIpc) is 2.68. The first-order valence-corrected chi connectivity index (χ1v) is 4.08. The second kappa shape index (κ2) is 5.20. The van der Waals surface area contributed by atoms with Gasteiger partial charge in [-0.05, 0) is 24.3 Å². The molecule has 1 heterocycles. The van der Waals surface area contributed by atoms with Crippen LogP contribution < -0.4 is 29.6 Å². The van der Waals surface area contributed by atoms with E-state index in [0.717, 1.165) is 0 Å². The fourth-order valence-corrected chi connectivity index (χ4v) is 1.08. The zero-order chi connectivity index (χ0) is 10.8. The van der Waals surface area contributed by atoms with Crippen LogP contribution in [0.4, 0.5) is 4.39 Å². The third kappa shape index (κ3) is 2.66. The van der Waals surface area contributed by atoms with Gasteiger partial charge in [0.05, 0.1) is 11.9 Å². The molecule has 1 N–H and O–H groups in total. The van der Waals surface area contributed by atoms with E-state index in [4.69, 9.17) is 5.11 Å². The Labute approximate surface area is 114 Å². The van der Waals surface area contributed by atoms with Gasteiger partial charge in [-0.2, -0.15) is 0 Å². The van der Waals surface area contributed by atoms with Crippen molar-refractivity contribution in [3.05, 3.63) is 42.0 Å². The van der Waals surface area contributed by atoms with Gasteiger partial charge in [-0.1, -0.05) is 5.21 Å². The Hall–Kier alpha value is -1.24. The van der Waals surface area contributed by atoms with Crippen LogP contribution >= 0.6 is 0 Å². The van der Waals surface area contributed by atoms with Crippen LogP contribution in [0.25, 0.3) is 5.69 Å². The quantitative estimate of drug-likeness (QED) is 0.620. The van der Waals surface area contributed by atoms with E-state index in [2.05, 4.69) is 10.3 Å². The topological polar surface area (TPSA) is 68.0 Å². The Morgan fingerprint density at radius 3 is 2.50 bits per heavy atom. The Morgan fingerprint density at radius 1 is 1.38 bits per heavy atom. The number of carbonyl (C=O) groups is 1. The van der Waals surface area contributed by atoms with Gasteiger partial charge in [0, 0.05) is 0 Å². The van der Waals surface area contributed by atoms with Crippen LogP contribution in [-0.2, 0) is 0 Å². The number of carboxylic acid groups (broad SMARTS) is 1. The first-order chi connectivity index (χ1) is 7.16. The molecular formula is C9H7FN3NaO2. The van der Waals surface area contributed by atoms with Crippen molar-refractivity contribution in [3.8, 4) is 5.69 Å². The molecule has 1 aromatic carbocycles. The van der Waals surface area contributed by atoms with E-state index in [1.807, 2.05) is 0 Å². The van der Waals surface area contributed by atoms with Crippen molar-refractivity contribution in [2.75, 3.05) is 0 Å². The fraction of sp³-hybridized carbons (Fsp3) is 0. The van der Waals surface area contributed by atoms with Gasteiger partial charge in [-0.15, -0.1) is 5.10 Å². The maximum atomic E-state index is 12.6. The van der Waals surface area contributed by atoms with Crippen molar-refractivity contribution < 1.29 is 45.3 Å².